The molecule has 2 aromatic rings. The molecule has 0 fully saturated rings. The molecule has 2 heterocycles. The van der Waals surface area contributed by atoms with Crippen LogP contribution in [0.3, 0.4) is 0 Å². The number of rotatable bonds is 4. The molecule has 108 valence electrons. The summed E-state index contributed by atoms with van der Waals surface area (Å²) < 4.78 is 41.8. The van der Waals surface area contributed by atoms with Crippen molar-refractivity contribution in [1.82, 2.24) is 9.78 Å². The van der Waals surface area contributed by atoms with Gasteiger partial charge in [-0.05, 0) is 6.07 Å². The Morgan fingerprint density at radius 2 is 2.20 bits per heavy atom. The number of anilines is 1. The number of aromatic nitrogens is 2. The van der Waals surface area contributed by atoms with E-state index in [0.717, 1.165) is 11.8 Å². The third-order valence-corrected chi connectivity index (χ3v) is 2.74. The van der Waals surface area contributed by atoms with Crippen LogP contribution in [0, 0.1) is 0 Å². The normalized spacial score (nSPS) is 11.6. The Morgan fingerprint density at radius 1 is 1.45 bits per heavy atom. The quantitative estimate of drug-likeness (QED) is 0.943. The summed E-state index contributed by atoms with van der Waals surface area (Å²) in [7, 11) is 0. The first kappa shape index (κ1) is 14.4. The zero-order valence-corrected chi connectivity index (χ0v) is 10.7. The molecule has 20 heavy (non-hydrogen) atoms. The number of nitrogens with zero attached hydrogens (tertiary/aromatic N) is 2. The average molecular weight is 308 g/mol. The molecule has 2 rings (SSSR count). The second-order valence-electron chi connectivity index (χ2n) is 3.94. The minimum Gasteiger partial charge on any atom is -0.472 e. The molecular formula is C11H9ClF3N3O2. The standard InChI is InChI=1S/C11H9ClF3N3O2/c12-9-8(16-3-7-1-2-20-5-7)4-17-18(10(9)19)6-11(13,14)15/h1-2,4-5,16H,3,6H2. The summed E-state index contributed by atoms with van der Waals surface area (Å²) in [4.78, 5) is 11.6. The second-order valence-corrected chi connectivity index (χ2v) is 4.31. The number of hydrogen-bond acceptors (Lipinski definition) is 4. The average Bonchev–Trinajstić information content (AvgIpc) is 2.86. The van der Waals surface area contributed by atoms with Crippen molar-refractivity contribution in [2.75, 3.05) is 5.32 Å². The van der Waals surface area contributed by atoms with Crippen molar-refractivity contribution in [3.63, 3.8) is 0 Å². The molecule has 0 aliphatic heterocycles. The van der Waals surface area contributed by atoms with Crippen LogP contribution in [-0.2, 0) is 13.1 Å². The van der Waals surface area contributed by atoms with Crippen LogP contribution in [0.2, 0.25) is 5.02 Å². The van der Waals surface area contributed by atoms with Gasteiger partial charge in [-0.3, -0.25) is 4.79 Å². The van der Waals surface area contributed by atoms with E-state index in [1.807, 2.05) is 0 Å². The third kappa shape index (κ3) is 3.53. The van der Waals surface area contributed by atoms with Gasteiger partial charge in [-0.25, -0.2) is 4.68 Å². The summed E-state index contributed by atoms with van der Waals surface area (Å²) in [6.07, 6.45) is -0.501. The van der Waals surface area contributed by atoms with Gasteiger partial charge in [0.25, 0.3) is 5.56 Å². The monoisotopic (exact) mass is 307 g/mol. The molecule has 0 spiro atoms. The topological polar surface area (TPSA) is 60.1 Å². The van der Waals surface area contributed by atoms with Crippen molar-refractivity contribution in [3.8, 4) is 0 Å². The highest BCUT2D eigenvalue weighted by Gasteiger charge is 2.29. The Kier molecular flexibility index (Phi) is 4.03. The van der Waals surface area contributed by atoms with E-state index in [1.165, 1.54) is 12.5 Å². The Bertz CT molecular complexity index is 637. The zero-order chi connectivity index (χ0) is 14.8. The van der Waals surface area contributed by atoms with Gasteiger partial charge in [0.15, 0.2) is 0 Å². The summed E-state index contributed by atoms with van der Waals surface area (Å²) in [5.74, 6) is 0. The van der Waals surface area contributed by atoms with Crippen LogP contribution >= 0.6 is 11.6 Å². The maximum Gasteiger partial charge on any atom is 0.408 e. The molecular weight excluding hydrogens is 299 g/mol. The maximum absolute atomic E-state index is 12.2. The summed E-state index contributed by atoms with van der Waals surface area (Å²) >= 11 is 5.74. The maximum atomic E-state index is 12.2. The van der Waals surface area contributed by atoms with E-state index in [9.17, 15) is 18.0 Å². The van der Waals surface area contributed by atoms with Crippen molar-refractivity contribution < 1.29 is 17.6 Å². The molecule has 5 nitrogen and oxygen atoms in total. The fraction of sp³-hybridized carbons (Fsp3) is 0.273. The molecule has 9 heteroatoms. The van der Waals surface area contributed by atoms with Gasteiger partial charge in [0.05, 0.1) is 24.4 Å². The van der Waals surface area contributed by atoms with E-state index in [2.05, 4.69) is 10.4 Å². The SMILES string of the molecule is O=c1c(Cl)c(NCc2ccoc2)cnn1CC(F)(F)F. The van der Waals surface area contributed by atoms with Crippen LogP contribution in [0.4, 0.5) is 18.9 Å². The predicted octanol–water partition coefficient (Wildman–Crippen LogP) is 2.66. The van der Waals surface area contributed by atoms with Crippen LogP contribution in [0.25, 0.3) is 0 Å². The number of halogens is 4. The molecule has 0 radical (unpaired) electrons. The molecule has 1 N–H and O–H groups in total. The zero-order valence-electron chi connectivity index (χ0n) is 9.95. The van der Waals surface area contributed by atoms with Gasteiger partial charge in [0.2, 0.25) is 0 Å². The molecule has 0 amide bonds. The molecule has 0 bridgehead atoms. The first-order chi connectivity index (χ1) is 9.37. The Labute approximate surface area is 116 Å². The van der Waals surface area contributed by atoms with E-state index >= 15 is 0 Å². The number of furan rings is 1. The van der Waals surface area contributed by atoms with Crippen molar-refractivity contribution >= 4 is 17.3 Å². The minimum atomic E-state index is -4.54. The highest BCUT2D eigenvalue weighted by molar-refractivity contribution is 6.32. The van der Waals surface area contributed by atoms with Crippen LogP contribution in [-0.4, -0.2) is 16.0 Å². The van der Waals surface area contributed by atoms with E-state index < -0.39 is 18.3 Å². The van der Waals surface area contributed by atoms with Crippen molar-refractivity contribution in [2.24, 2.45) is 0 Å². The minimum absolute atomic E-state index is 0.163. The van der Waals surface area contributed by atoms with Crippen molar-refractivity contribution in [2.45, 2.75) is 19.3 Å². The molecule has 0 aliphatic carbocycles. The molecule has 0 saturated heterocycles. The molecule has 0 saturated carbocycles. The van der Waals surface area contributed by atoms with Gasteiger partial charge >= 0.3 is 6.18 Å². The fourth-order valence-electron chi connectivity index (χ4n) is 1.46. The highest BCUT2D eigenvalue weighted by Crippen LogP contribution is 2.19. The molecule has 0 aliphatic rings. The molecule has 0 atom stereocenters. The largest absolute Gasteiger partial charge is 0.472 e. The lowest BCUT2D eigenvalue weighted by Gasteiger charge is -2.11. The van der Waals surface area contributed by atoms with Crippen LogP contribution in [0.1, 0.15) is 5.56 Å². The van der Waals surface area contributed by atoms with Gasteiger partial charge in [-0.2, -0.15) is 18.3 Å². The van der Waals surface area contributed by atoms with Gasteiger partial charge in [-0.15, -0.1) is 0 Å². The van der Waals surface area contributed by atoms with E-state index in [0.29, 0.717) is 6.54 Å². The van der Waals surface area contributed by atoms with Crippen molar-refractivity contribution in [3.05, 3.63) is 45.7 Å². The van der Waals surface area contributed by atoms with E-state index in [1.54, 1.807) is 6.07 Å². The third-order valence-electron chi connectivity index (χ3n) is 2.38. The summed E-state index contributed by atoms with van der Waals surface area (Å²) in [6, 6.07) is 1.69. The fourth-order valence-corrected chi connectivity index (χ4v) is 1.67. The second kappa shape index (κ2) is 5.58. The summed E-state index contributed by atoms with van der Waals surface area (Å²) in [6.45, 7) is -1.17. The Morgan fingerprint density at radius 3 is 2.80 bits per heavy atom. The van der Waals surface area contributed by atoms with Crippen molar-refractivity contribution in [1.29, 1.82) is 0 Å². The summed E-state index contributed by atoms with van der Waals surface area (Å²) in [5, 5.41) is 5.90. The number of alkyl halides is 3. The van der Waals surface area contributed by atoms with Gasteiger partial charge in [-0.1, -0.05) is 11.6 Å². The van der Waals surface area contributed by atoms with E-state index in [4.69, 9.17) is 16.0 Å². The Balaban J connectivity index is 2.16. The predicted molar refractivity (Wildman–Crippen MR) is 65.6 cm³/mol. The Hall–Kier alpha value is -1.96. The highest BCUT2D eigenvalue weighted by atomic mass is 35.5. The lowest BCUT2D eigenvalue weighted by molar-refractivity contribution is -0.143. The van der Waals surface area contributed by atoms with E-state index in [-0.39, 0.29) is 15.4 Å². The lowest BCUT2D eigenvalue weighted by atomic mass is 10.3. The van der Waals surface area contributed by atoms with Crippen LogP contribution in [0.5, 0.6) is 0 Å². The number of hydrogen-bond donors (Lipinski definition) is 1. The van der Waals surface area contributed by atoms with Gasteiger partial charge < -0.3 is 9.73 Å². The molecule has 0 aromatic carbocycles. The van der Waals surface area contributed by atoms with Crippen LogP contribution in [0.15, 0.2) is 34.0 Å². The summed E-state index contributed by atoms with van der Waals surface area (Å²) in [5.41, 5.74) is -0.0435. The first-order valence-corrected chi connectivity index (χ1v) is 5.82. The van der Waals surface area contributed by atoms with Gasteiger partial charge in [0.1, 0.15) is 11.6 Å². The lowest BCUT2D eigenvalue weighted by Crippen LogP contribution is -2.30. The smallest absolute Gasteiger partial charge is 0.408 e. The van der Waals surface area contributed by atoms with Crippen LogP contribution < -0.4 is 10.9 Å². The molecule has 2 aromatic heterocycles. The van der Waals surface area contributed by atoms with Gasteiger partial charge in [0, 0.05) is 12.1 Å². The number of nitrogens with one attached hydrogen (secondary N) is 1. The first-order valence-electron chi connectivity index (χ1n) is 5.44. The molecule has 0 unspecified atom stereocenters.